The first-order valence-corrected chi connectivity index (χ1v) is 3.82. The SMILES string of the molecule is Cc1c(F)ccc(OC(F)(F)F)c1C. The summed E-state index contributed by atoms with van der Waals surface area (Å²) in [5.74, 6) is -0.909. The fraction of sp³-hybridized carbons (Fsp3) is 0.333. The van der Waals surface area contributed by atoms with Crippen LogP contribution in [0.3, 0.4) is 0 Å². The highest BCUT2D eigenvalue weighted by molar-refractivity contribution is 5.39. The molecule has 0 unspecified atom stereocenters. The largest absolute Gasteiger partial charge is 0.573 e. The molecule has 5 heteroatoms. The summed E-state index contributed by atoms with van der Waals surface area (Å²) >= 11 is 0. The number of alkyl halides is 3. The van der Waals surface area contributed by atoms with Crippen LogP contribution in [0.15, 0.2) is 12.1 Å². The normalized spacial score (nSPS) is 11.6. The number of hydrogen-bond acceptors (Lipinski definition) is 1. The second kappa shape index (κ2) is 3.48. The van der Waals surface area contributed by atoms with Crippen molar-refractivity contribution in [1.82, 2.24) is 0 Å². The van der Waals surface area contributed by atoms with E-state index in [2.05, 4.69) is 4.74 Å². The van der Waals surface area contributed by atoms with Gasteiger partial charge in [-0.25, -0.2) is 4.39 Å². The Balaban J connectivity index is 3.06. The maximum Gasteiger partial charge on any atom is 0.573 e. The Kier molecular flexibility index (Phi) is 2.69. The van der Waals surface area contributed by atoms with Crippen molar-refractivity contribution in [2.45, 2.75) is 20.2 Å². The van der Waals surface area contributed by atoms with Crippen molar-refractivity contribution >= 4 is 0 Å². The van der Waals surface area contributed by atoms with Crippen LogP contribution in [-0.4, -0.2) is 6.36 Å². The van der Waals surface area contributed by atoms with Gasteiger partial charge in [-0.05, 0) is 37.1 Å². The molecule has 14 heavy (non-hydrogen) atoms. The molecular formula is C9H8F4O. The average Bonchev–Trinajstić information content (AvgIpc) is 2.04. The molecule has 0 fully saturated rings. The van der Waals surface area contributed by atoms with Crippen molar-refractivity contribution < 1.29 is 22.3 Å². The zero-order chi connectivity index (χ0) is 10.9. The predicted octanol–water partition coefficient (Wildman–Crippen LogP) is 3.34. The van der Waals surface area contributed by atoms with Crippen LogP contribution in [0.1, 0.15) is 11.1 Å². The number of ether oxygens (including phenoxy) is 1. The minimum atomic E-state index is -4.74. The van der Waals surface area contributed by atoms with Gasteiger partial charge in [-0.3, -0.25) is 0 Å². The standard InChI is InChI=1S/C9H8F4O/c1-5-6(2)8(4-3-7(5)10)14-9(11,12)13/h3-4H,1-2H3. The summed E-state index contributed by atoms with van der Waals surface area (Å²) in [6, 6.07) is 1.91. The van der Waals surface area contributed by atoms with Crippen molar-refractivity contribution in [1.29, 1.82) is 0 Å². The molecule has 0 radical (unpaired) electrons. The molecule has 0 saturated carbocycles. The lowest BCUT2D eigenvalue weighted by molar-refractivity contribution is -0.274. The summed E-state index contributed by atoms with van der Waals surface area (Å²) in [7, 11) is 0. The van der Waals surface area contributed by atoms with Gasteiger partial charge in [0.2, 0.25) is 0 Å². The average molecular weight is 208 g/mol. The van der Waals surface area contributed by atoms with Gasteiger partial charge in [0, 0.05) is 0 Å². The lowest BCUT2D eigenvalue weighted by atomic mass is 10.1. The van der Waals surface area contributed by atoms with Gasteiger partial charge in [0.25, 0.3) is 0 Å². The zero-order valence-corrected chi connectivity index (χ0v) is 7.57. The van der Waals surface area contributed by atoms with E-state index in [0.717, 1.165) is 12.1 Å². The molecule has 0 bridgehead atoms. The summed E-state index contributed by atoms with van der Waals surface area (Å²) in [5.41, 5.74) is 0.314. The van der Waals surface area contributed by atoms with Crippen LogP contribution < -0.4 is 4.74 Å². The first-order chi connectivity index (χ1) is 6.31. The fourth-order valence-electron chi connectivity index (χ4n) is 0.998. The summed E-state index contributed by atoms with van der Waals surface area (Å²) in [6.45, 7) is 2.77. The first kappa shape index (κ1) is 10.8. The van der Waals surface area contributed by atoms with Crippen molar-refractivity contribution in [3.05, 3.63) is 29.1 Å². The van der Waals surface area contributed by atoms with Gasteiger partial charge in [0.05, 0.1) is 0 Å². The molecule has 0 atom stereocenters. The van der Waals surface area contributed by atoms with Crippen molar-refractivity contribution in [3.63, 3.8) is 0 Å². The second-order valence-electron chi connectivity index (χ2n) is 2.84. The van der Waals surface area contributed by atoms with Gasteiger partial charge in [-0.1, -0.05) is 0 Å². The molecule has 0 aliphatic rings. The molecule has 0 N–H and O–H groups in total. The van der Waals surface area contributed by atoms with E-state index in [1.165, 1.54) is 13.8 Å². The summed E-state index contributed by atoms with van der Waals surface area (Å²) in [6.07, 6.45) is -4.74. The lowest BCUT2D eigenvalue weighted by Gasteiger charge is -2.12. The van der Waals surface area contributed by atoms with Crippen molar-refractivity contribution in [2.24, 2.45) is 0 Å². The maximum atomic E-state index is 12.9. The molecule has 0 aliphatic heterocycles. The molecule has 0 aliphatic carbocycles. The highest BCUT2D eigenvalue weighted by Gasteiger charge is 2.32. The van der Waals surface area contributed by atoms with Gasteiger partial charge >= 0.3 is 6.36 Å². The highest BCUT2D eigenvalue weighted by atomic mass is 19.4. The van der Waals surface area contributed by atoms with E-state index in [1.807, 2.05) is 0 Å². The molecular weight excluding hydrogens is 200 g/mol. The molecule has 0 spiro atoms. The van der Waals surface area contributed by atoms with Crippen LogP contribution in [-0.2, 0) is 0 Å². The van der Waals surface area contributed by atoms with E-state index in [4.69, 9.17) is 0 Å². The Morgan fingerprint density at radius 2 is 1.64 bits per heavy atom. The van der Waals surface area contributed by atoms with Crippen molar-refractivity contribution in [3.8, 4) is 5.75 Å². The van der Waals surface area contributed by atoms with E-state index < -0.39 is 12.2 Å². The summed E-state index contributed by atoms with van der Waals surface area (Å²) in [4.78, 5) is 0. The van der Waals surface area contributed by atoms with E-state index in [0.29, 0.717) is 0 Å². The monoisotopic (exact) mass is 208 g/mol. The van der Waals surface area contributed by atoms with Gasteiger partial charge < -0.3 is 4.74 Å². The van der Waals surface area contributed by atoms with Gasteiger partial charge in [0.1, 0.15) is 11.6 Å². The van der Waals surface area contributed by atoms with Gasteiger partial charge in [-0.15, -0.1) is 13.2 Å². The third-order valence-electron chi connectivity index (χ3n) is 1.90. The molecule has 0 amide bonds. The van der Waals surface area contributed by atoms with Crippen LogP contribution in [0, 0.1) is 19.7 Å². The van der Waals surface area contributed by atoms with Crippen LogP contribution in [0.25, 0.3) is 0 Å². The molecule has 1 rings (SSSR count). The molecule has 1 aromatic rings. The number of benzene rings is 1. The minimum absolute atomic E-state index is 0.155. The number of halogens is 4. The summed E-state index contributed by atoms with van der Waals surface area (Å²) < 4.78 is 52.1. The third kappa shape index (κ3) is 2.37. The quantitative estimate of drug-likeness (QED) is 0.643. The maximum absolute atomic E-state index is 12.9. The molecule has 0 saturated heterocycles. The lowest BCUT2D eigenvalue weighted by Crippen LogP contribution is -2.18. The Morgan fingerprint density at radius 1 is 1.07 bits per heavy atom. The molecule has 0 heterocycles. The first-order valence-electron chi connectivity index (χ1n) is 3.82. The Hall–Kier alpha value is -1.26. The molecule has 1 aromatic carbocycles. The van der Waals surface area contributed by atoms with Crippen LogP contribution in [0.2, 0.25) is 0 Å². The smallest absolute Gasteiger partial charge is 0.406 e. The van der Waals surface area contributed by atoms with Crippen LogP contribution in [0.5, 0.6) is 5.75 Å². The summed E-state index contributed by atoms with van der Waals surface area (Å²) in [5, 5.41) is 0. The predicted molar refractivity (Wildman–Crippen MR) is 42.6 cm³/mol. The van der Waals surface area contributed by atoms with E-state index >= 15 is 0 Å². The molecule has 0 aromatic heterocycles. The molecule has 78 valence electrons. The Labute approximate surface area is 78.3 Å². The van der Waals surface area contributed by atoms with E-state index in [1.54, 1.807) is 0 Å². The Morgan fingerprint density at radius 3 is 2.14 bits per heavy atom. The minimum Gasteiger partial charge on any atom is -0.406 e. The highest BCUT2D eigenvalue weighted by Crippen LogP contribution is 2.28. The van der Waals surface area contributed by atoms with Gasteiger partial charge in [-0.2, -0.15) is 0 Å². The topological polar surface area (TPSA) is 9.23 Å². The van der Waals surface area contributed by atoms with Crippen LogP contribution >= 0.6 is 0 Å². The van der Waals surface area contributed by atoms with E-state index in [-0.39, 0.29) is 16.9 Å². The van der Waals surface area contributed by atoms with Gasteiger partial charge in [0.15, 0.2) is 0 Å². The third-order valence-corrected chi connectivity index (χ3v) is 1.90. The van der Waals surface area contributed by atoms with Crippen LogP contribution in [0.4, 0.5) is 17.6 Å². The van der Waals surface area contributed by atoms with Crippen molar-refractivity contribution in [2.75, 3.05) is 0 Å². The Bertz CT molecular complexity index is 343. The second-order valence-corrected chi connectivity index (χ2v) is 2.84. The number of hydrogen-bond donors (Lipinski definition) is 0. The van der Waals surface area contributed by atoms with E-state index in [9.17, 15) is 17.6 Å². The molecule has 1 nitrogen and oxygen atoms in total. The zero-order valence-electron chi connectivity index (χ0n) is 7.57. The number of rotatable bonds is 1. The fourth-order valence-corrected chi connectivity index (χ4v) is 0.998.